The van der Waals surface area contributed by atoms with E-state index in [4.69, 9.17) is 27.9 Å². The maximum Gasteiger partial charge on any atom is 0.387 e. The zero-order chi connectivity index (χ0) is 19.3. The Balaban J connectivity index is 2.30. The van der Waals surface area contributed by atoms with Gasteiger partial charge in [0.15, 0.2) is 16.5 Å². The van der Waals surface area contributed by atoms with E-state index >= 15 is 0 Å². The number of amides is 1. The first-order valence-electron chi connectivity index (χ1n) is 7.31. The van der Waals surface area contributed by atoms with Crippen LogP contribution in [0.3, 0.4) is 0 Å². The maximum absolute atomic E-state index is 12.6. The van der Waals surface area contributed by atoms with Crippen molar-refractivity contribution in [1.29, 1.82) is 0 Å². The summed E-state index contributed by atoms with van der Waals surface area (Å²) in [6, 6.07) is 3.83. The van der Waals surface area contributed by atoms with Gasteiger partial charge in [0, 0.05) is 18.0 Å². The summed E-state index contributed by atoms with van der Waals surface area (Å²) in [5, 5.41) is 2.43. The van der Waals surface area contributed by atoms with Crippen molar-refractivity contribution < 1.29 is 23.0 Å². The van der Waals surface area contributed by atoms with Gasteiger partial charge in [-0.15, -0.1) is 0 Å². The third kappa shape index (κ3) is 5.43. The van der Waals surface area contributed by atoms with Crippen LogP contribution in [0.4, 0.5) is 14.5 Å². The molecule has 0 fully saturated rings. The van der Waals surface area contributed by atoms with E-state index < -0.39 is 17.5 Å². The van der Waals surface area contributed by atoms with Crippen molar-refractivity contribution in [1.82, 2.24) is 4.98 Å². The second-order valence-electron chi connectivity index (χ2n) is 4.91. The summed E-state index contributed by atoms with van der Waals surface area (Å²) in [4.78, 5) is 16.2. The number of benzene rings is 1. The minimum Gasteiger partial charge on any atom is -0.475 e. The normalized spacial score (nSPS) is 12.0. The molecule has 2 rings (SSSR count). The van der Waals surface area contributed by atoms with Gasteiger partial charge in [-0.2, -0.15) is 8.78 Å². The third-order valence-corrected chi connectivity index (χ3v) is 4.50. The molecule has 0 radical (unpaired) electrons. The number of hydrogen-bond donors (Lipinski definition) is 1. The Bertz CT molecular complexity index is 776. The number of halogens is 5. The van der Waals surface area contributed by atoms with E-state index in [1.165, 1.54) is 30.6 Å². The molecule has 10 heteroatoms. The smallest absolute Gasteiger partial charge is 0.387 e. The van der Waals surface area contributed by atoms with E-state index in [-0.39, 0.29) is 32.8 Å². The number of anilines is 1. The zero-order valence-corrected chi connectivity index (χ0v) is 16.4. The van der Waals surface area contributed by atoms with Crippen molar-refractivity contribution in [2.24, 2.45) is 0 Å². The second-order valence-corrected chi connectivity index (χ2v) is 6.74. The molecule has 5 nitrogen and oxygen atoms in total. The fourth-order valence-corrected chi connectivity index (χ4v) is 2.53. The lowest BCUT2D eigenvalue weighted by molar-refractivity contribution is -0.0516. The number of pyridine rings is 1. The summed E-state index contributed by atoms with van der Waals surface area (Å²) in [5.74, 6) is -0.751. The number of aromatic nitrogens is 1. The van der Waals surface area contributed by atoms with Gasteiger partial charge >= 0.3 is 6.61 Å². The molecule has 1 aromatic heterocycles. The van der Waals surface area contributed by atoms with Crippen LogP contribution in [0.2, 0.25) is 10.0 Å². The summed E-state index contributed by atoms with van der Waals surface area (Å²) >= 11 is 15.2. The van der Waals surface area contributed by atoms with Crippen LogP contribution < -0.4 is 14.8 Å². The summed E-state index contributed by atoms with van der Waals surface area (Å²) < 4.78 is 35.0. The van der Waals surface area contributed by atoms with E-state index in [0.717, 1.165) is 0 Å². The Hall–Kier alpha value is -1.64. The number of nitrogens with one attached hydrogen (secondary N) is 1. The molecule has 0 saturated heterocycles. The van der Waals surface area contributed by atoms with Gasteiger partial charge in [-0.1, -0.05) is 30.1 Å². The van der Waals surface area contributed by atoms with Crippen LogP contribution in [-0.4, -0.2) is 22.5 Å². The Morgan fingerprint density at radius 2 is 1.88 bits per heavy atom. The predicted octanol–water partition coefficient (Wildman–Crippen LogP) is 5.75. The first kappa shape index (κ1) is 20.7. The van der Waals surface area contributed by atoms with Crippen molar-refractivity contribution in [2.45, 2.75) is 25.0 Å². The minimum absolute atomic E-state index is 0.00593. The van der Waals surface area contributed by atoms with E-state index in [9.17, 15) is 13.6 Å². The van der Waals surface area contributed by atoms with Gasteiger partial charge in [0.1, 0.15) is 0 Å². The van der Waals surface area contributed by atoms with Crippen LogP contribution in [0.15, 0.2) is 30.6 Å². The number of carbonyl (C=O) groups is 1. The molecule has 0 bridgehead atoms. The molecule has 2 aromatic rings. The highest BCUT2D eigenvalue weighted by molar-refractivity contribution is 9.09. The van der Waals surface area contributed by atoms with Crippen molar-refractivity contribution in [3.63, 3.8) is 0 Å². The van der Waals surface area contributed by atoms with Crippen LogP contribution in [0.1, 0.15) is 23.7 Å². The van der Waals surface area contributed by atoms with Crippen LogP contribution in [-0.2, 0) is 0 Å². The number of ether oxygens (including phenoxy) is 2. The highest BCUT2D eigenvalue weighted by atomic mass is 79.9. The van der Waals surface area contributed by atoms with Crippen LogP contribution in [0.25, 0.3) is 0 Å². The summed E-state index contributed by atoms with van der Waals surface area (Å²) in [5.41, 5.74) is 0.331. The fraction of sp³-hybridized carbons (Fsp3) is 0.250. The van der Waals surface area contributed by atoms with Gasteiger partial charge in [0.25, 0.3) is 5.91 Å². The average Bonchev–Trinajstić information content (AvgIpc) is 2.59. The largest absolute Gasteiger partial charge is 0.475 e. The predicted molar refractivity (Wildman–Crippen MR) is 98.9 cm³/mol. The number of rotatable bonds is 7. The lowest BCUT2D eigenvalue weighted by Gasteiger charge is -2.16. The van der Waals surface area contributed by atoms with Gasteiger partial charge < -0.3 is 14.8 Å². The SMILES string of the molecule is CCC(Br)Oc1cc(C(=O)Nc2c(Cl)cncc2Cl)ccc1OC(F)F. The molecule has 1 heterocycles. The first-order valence-corrected chi connectivity index (χ1v) is 8.99. The lowest BCUT2D eigenvalue weighted by atomic mass is 10.2. The van der Waals surface area contributed by atoms with Crippen molar-refractivity contribution in [3.05, 3.63) is 46.2 Å². The highest BCUT2D eigenvalue weighted by Gasteiger charge is 2.18. The lowest BCUT2D eigenvalue weighted by Crippen LogP contribution is -2.14. The van der Waals surface area contributed by atoms with Gasteiger partial charge in [-0.3, -0.25) is 9.78 Å². The number of hydrogen-bond acceptors (Lipinski definition) is 4. The highest BCUT2D eigenvalue weighted by Crippen LogP contribution is 2.33. The fourth-order valence-electron chi connectivity index (χ4n) is 1.87. The molecule has 0 aliphatic carbocycles. The molecule has 26 heavy (non-hydrogen) atoms. The molecule has 0 aliphatic heterocycles. The van der Waals surface area contributed by atoms with Crippen LogP contribution in [0, 0.1) is 0 Å². The zero-order valence-electron chi connectivity index (χ0n) is 13.3. The van der Waals surface area contributed by atoms with E-state index in [1.54, 1.807) is 0 Å². The molecule has 0 saturated carbocycles. The number of nitrogens with zero attached hydrogens (tertiary/aromatic N) is 1. The van der Waals surface area contributed by atoms with Gasteiger partial charge in [-0.25, -0.2) is 0 Å². The molecule has 1 N–H and O–H groups in total. The van der Waals surface area contributed by atoms with Crippen LogP contribution >= 0.6 is 39.1 Å². The molecule has 1 unspecified atom stereocenters. The average molecular weight is 470 g/mol. The van der Waals surface area contributed by atoms with Crippen molar-refractivity contribution >= 4 is 50.7 Å². The summed E-state index contributed by atoms with van der Waals surface area (Å²) in [7, 11) is 0. The third-order valence-electron chi connectivity index (χ3n) is 3.09. The Morgan fingerprint density at radius 1 is 1.23 bits per heavy atom. The minimum atomic E-state index is -3.03. The molecule has 0 spiro atoms. The Labute approximate surface area is 166 Å². The Morgan fingerprint density at radius 3 is 2.46 bits per heavy atom. The van der Waals surface area contributed by atoms with E-state index in [1.807, 2.05) is 6.92 Å². The molecular formula is C16H13BrCl2F2N2O3. The van der Waals surface area contributed by atoms with Crippen LogP contribution in [0.5, 0.6) is 11.5 Å². The molecular weight excluding hydrogens is 457 g/mol. The monoisotopic (exact) mass is 468 g/mol. The molecule has 1 amide bonds. The summed E-state index contributed by atoms with van der Waals surface area (Å²) in [6.07, 6.45) is 3.22. The maximum atomic E-state index is 12.6. The van der Waals surface area contributed by atoms with Gasteiger partial charge in [0.05, 0.1) is 15.7 Å². The second kappa shape index (κ2) is 9.34. The molecule has 1 aromatic carbocycles. The number of alkyl halides is 3. The first-order chi connectivity index (χ1) is 12.3. The van der Waals surface area contributed by atoms with E-state index in [2.05, 4.69) is 31.0 Å². The quantitative estimate of drug-likeness (QED) is 0.524. The molecule has 0 aliphatic rings. The Kier molecular flexibility index (Phi) is 7.43. The number of carbonyl (C=O) groups excluding carboxylic acids is 1. The van der Waals surface area contributed by atoms with Crippen molar-refractivity contribution in [2.75, 3.05) is 5.32 Å². The standard InChI is InChI=1S/C16H13BrCl2F2N2O3/c1-2-13(17)25-12-5-8(3-4-11(12)26-16(20)21)15(24)23-14-9(18)6-22-7-10(14)19/h3-7,13,16H,2H2,1H3,(H,22,23,24). The van der Waals surface area contributed by atoms with Gasteiger partial charge in [-0.05, 0) is 40.5 Å². The van der Waals surface area contributed by atoms with E-state index in [0.29, 0.717) is 6.42 Å². The topological polar surface area (TPSA) is 60.5 Å². The van der Waals surface area contributed by atoms with Gasteiger partial charge in [0.2, 0.25) is 0 Å². The molecule has 140 valence electrons. The molecule has 1 atom stereocenters. The van der Waals surface area contributed by atoms with Crippen molar-refractivity contribution in [3.8, 4) is 11.5 Å². The summed E-state index contributed by atoms with van der Waals surface area (Å²) in [6.45, 7) is -1.20.